The van der Waals surface area contributed by atoms with Gasteiger partial charge in [-0.3, -0.25) is 9.59 Å². The highest BCUT2D eigenvalue weighted by Crippen LogP contribution is 2.34. The van der Waals surface area contributed by atoms with Crippen molar-refractivity contribution in [1.82, 2.24) is 10.2 Å². The highest BCUT2D eigenvalue weighted by molar-refractivity contribution is 5.86. The van der Waals surface area contributed by atoms with Crippen LogP contribution < -0.4 is 5.32 Å². The number of carboxylic acids is 1. The van der Waals surface area contributed by atoms with Gasteiger partial charge in [-0.2, -0.15) is 0 Å². The number of carboxylic acid groups (broad SMARTS) is 1. The molecule has 4 rings (SSSR count). The van der Waals surface area contributed by atoms with Crippen LogP contribution in [0.5, 0.6) is 0 Å². The van der Waals surface area contributed by atoms with Gasteiger partial charge in [-0.1, -0.05) is 92.1 Å². The third kappa shape index (κ3) is 7.67. The summed E-state index contributed by atoms with van der Waals surface area (Å²) in [5, 5.41) is 15.1. The summed E-state index contributed by atoms with van der Waals surface area (Å²) in [6, 6.07) is 26.0. The van der Waals surface area contributed by atoms with Crippen molar-refractivity contribution in [2.45, 2.75) is 70.3 Å². The van der Waals surface area contributed by atoms with E-state index in [1.807, 2.05) is 0 Å². The monoisotopic (exact) mass is 514 g/mol. The molecule has 38 heavy (non-hydrogen) atoms. The zero-order chi connectivity index (χ0) is 26.7. The minimum atomic E-state index is -0.727. The lowest BCUT2D eigenvalue weighted by Crippen LogP contribution is -2.46. The number of hydrogen-bond donors (Lipinski definition) is 2. The van der Waals surface area contributed by atoms with Crippen molar-refractivity contribution < 1.29 is 14.7 Å². The van der Waals surface area contributed by atoms with Gasteiger partial charge in [-0.25, -0.2) is 0 Å². The minimum Gasteiger partial charge on any atom is -0.481 e. The molecular weight excluding hydrogens is 472 g/mol. The van der Waals surface area contributed by atoms with E-state index in [9.17, 15) is 9.59 Å². The van der Waals surface area contributed by atoms with Gasteiger partial charge < -0.3 is 15.3 Å². The normalized spacial score (nSPS) is 18.4. The molecule has 1 aliphatic heterocycles. The van der Waals surface area contributed by atoms with Crippen LogP contribution in [0.25, 0.3) is 10.8 Å². The maximum atomic E-state index is 13.1. The molecule has 0 spiro atoms. The van der Waals surface area contributed by atoms with Gasteiger partial charge in [0.1, 0.15) is 0 Å². The lowest BCUT2D eigenvalue weighted by molar-refractivity contribution is -0.137. The van der Waals surface area contributed by atoms with Crippen molar-refractivity contribution in [2.75, 3.05) is 19.6 Å². The molecule has 1 amide bonds. The molecule has 0 bridgehead atoms. The van der Waals surface area contributed by atoms with Crippen LogP contribution in [0.1, 0.15) is 81.4 Å². The van der Waals surface area contributed by atoms with E-state index in [2.05, 4.69) is 89.9 Å². The van der Waals surface area contributed by atoms with Gasteiger partial charge in [-0.15, -0.1) is 0 Å². The second kappa shape index (κ2) is 14.1. The van der Waals surface area contributed by atoms with E-state index in [4.69, 9.17) is 5.11 Å². The average Bonchev–Trinajstić information content (AvgIpc) is 2.95. The first-order valence-corrected chi connectivity index (χ1v) is 14.3. The molecule has 3 atom stereocenters. The molecule has 2 unspecified atom stereocenters. The molecular formula is C33H42N2O3. The molecule has 2 N–H and O–H groups in total. The second-order valence-electron chi connectivity index (χ2n) is 10.8. The summed E-state index contributed by atoms with van der Waals surface area (Å²) in [4.78, 5) is 25.8. The molecule has 1 fully saturated rings. The maximum absolute atomic E-state index is 13.1. The summed E-state index contributed by atoms with van der Waals surface area (Å²) >= 11 is 0. The van der Waals surface area contributed by atoms with Crippen molar-refractivity contribution in [1.29, 1.82) is 0 Å². The third-order valence-electron chi connectivity index (χ3n) is 8.07. The third-order valence-corrected chi connectivity index (χ3v) is 8.07. The SMILES string of the molecule is C[C@@H](NCC1CN(C(=O)CCCCCCCC(=O)O)CCC1c1ccccc1)c1cccc2ccccc12. The van der Waals surface area contributed by atoms with E-state index in [-0.39, 0.29) is 18.4 Å². The number of likely N-dealkylation sites (tertiary alicyclic amines) is 1. The van der Waals surface area contributed by atoms with Crippen LogP contribution in [0.3, 0.4) is 0 Å². The maximum Gasteiger partial charge on any atom is 0.303 e. The Morgan fingerprint density at radius 3 is 2.37 bits per heavy atom. The molecule has 1 aliphatic rings. The van der Waals surface area contributed by atoms with Gasteiger partial charge >= 0.3 is 5.97 Å². The van der Waals surface area contributed by atoms with E-state index in [0.29, 0.717) is 18.3 Å². The number of unbranched alkanes of at least 4 members (excludes halogenated alkanes) is 4. The average molecular weight is 515 g/mol. The molecule has 1 saturated heterocycles. The number of carbonyl (C=O) groups excluding carboxylic acids is 1. The summed E-state index contributed by atoms with van der Waals surface area (Å²) in [6.07, 6.45) is 6.32. The number of fused-ring (bicyclic) bond motifs is 1. The summed E-state index contributed by atoms with van der Waals surface area (Å²) in [5.74, 6) is 0.314. The van der Waals surface area contributed by atoms with Crippen molar-refractivity contribution in [3.05, 3.63) is 83.9 Å². The smallest absolute Gasteiger partial charge is 0.303 e. The van der Waals surface area contributed by atoms with E-state index < -0.39 is 5.97 Å². The van der Waals surface area contributed by atoms with Crippen LogP contribution >= 0.6 is 0 Å². The Bertz CT molecular complexity index is 1170. The summed E-state index contributed by atoms with van der Waals surface area (Å²) in [5.41, 5.74) is 2.68. The first-order chi connectivity index (χ1) is 18.5. The molecule has 0 aliphatic carbocycles. The Hall–Kier alpha value is -3.18. The summed E-state index contributed by atoms with van der Waals surface area (Å²) in [7, 11) is 0. The van der Waals surface area contributed by atoms with E-state index >= 15 is 0 Å². The van der Waals surface area contributed by atoms with Crippen molar-refractivity contribution >= 4 is 22.6 Å². The molecule has 0 radical (unpaired) electrons. The van der Waals surface area contributed by atoms with Crippen LogP contribution in [0, 0.1) is 5.92 Å². The standard InChI is InChI=1S/C33H42N2O3/c1-25(29-18-12-16-27-15-10-11-17-31(27)29)34-23-28-24-35(22-21-30(28)26-13-6-5-7-14-26)32(36)19-8-3-2-4-9-20-33(37)38/h5-7,10-18,25,28,30,34H,2-4,8-9,19-24H2,1H3,(H,37,38)/t25-,28?,30?/m1/s1. The zero-order valence-corrected chi connectivity index (χ0v) is 22.6. The Kier molecular flexibility index (Phi) is 10.3. The van der Waals surface area contributed by atoms with E-state index in [1.165, 1.54) is 21.9 Å². The van der Waals surface area contributed by atoms with Crippen LogP contribution in [0.2, 0.25) is 0 Å². The highest BCUT2D eigenvalue weighted by atomic mass is 16.4. The number of rotatable bonds is 13. The fourth-order valence-electron chi connectivity index (χ4n) is 5.91. The number of carbonyl (C=O) groups is 2. The first kappa shape index (κ1) is 27.8. The Morgan fingerprint density at radius 1 is 0.895 bits per heavy atom. The van der Waals surface area contributed by atoms with Crippen LogP contribution in [0.4, 0.5) is 0 Å². The Morgan fingerprint density at radius 2 is 1.58 bits per heavy atom. The Labute approximate surface area is 227 Å². The van der Waals surface area contributed by atoms with Gasteiger partial charge in [0, 0.05) is 38.5 Å². The molecule has 3 aromatic rings. The number of amides is 1. The summed E-state index contributed by atoms with van der Waals surface area (Å²) in [6.45, 7) is 4.69. The molecule has 5 heteroatoms. The molecule has 202 valence electrons. The fourth-order valence-corrected chi connectivity index (χ4v) is 5.91. The van der Waals surface area contributed by atoms with Gasteiger partial charge in [0.2, 0.25) is 5.91 Å². The lowest BCUT2D eigenvalue weighted by atomic mass is 9.80. The topological polar surface area (TPSA) is 69.6 Å². The van der Waals surface area contributed by atoms with Crippen molar-refractivity contribution in [3.8, 4) is 0 Å². The van der Waals surface area contributed by atoms with Gasteiger partial charge in [-0.05, 0) is 59.9 Å². The predicted molar refractivity (Wildman–Crippen MR) is 154 cm³/mol. The van der Waals surface area contributed by atoms with Gasteiger partial charge in [0.25, 0.3) is 0 Å². The van der Waals surface area contributed by atoms with Crippen molar-refractivity contribution in [2.24, 2.45) is 5.92 Å². The zero-order valence-electron chi connectivity index (χ0n) is 22.6. The van der Waals surface area contributed by atoms with Crippen molar-refractivity contribution in [3.63, 3.8) is 0 Å². The summed E-state index contributed by atoms with van der Waals surface area (Å²) < 4.78 is 0. The highest BCUT2D eigenvalue weighted by Gasteiger charge is 2.32. The number of nitrogens with one attached hydrogen (secondary N) is 1. The number of hydrogen-bond acceptors (Lipinski definition) is 3. The largest absolute Gasteiger partial charge is 0.481 e. The molecule has 0 aromatic heterocycles. The number of benzene rings is 3. The fraction of sp³-hybridized carbons (Fsp3) is 0.455. The van der Waals surface area contributed by atoms with E-state index in [0.717, 1.165) is 58.2 Å². The number of nitrogens with zero attached hydrogens (tertiary/aromatic N) is 1. The Balaban J connectivity index is 1.35. The van der Waals surface area contributed by atoms with E-state index in [1.54, 1.807) is 0 Å². The number of aliphatic carboxylic acids is 1. The molecule has 0 saturated carbocycles. The quantitative estimate of drug-likeness (QED) is 0.243. The minimum absolute atomic E-state index is 0.213. The molecule has 5 nitrogen and oxygen atoms in total. The van der Waals surface area contributed by atoms with Crippen LogP contribution in [0.15, 0.2) is 72.8 Å². The molecule has 1 heterocycles. The first-order valence-electron chi connectivity index (χ1n) is 14.3. The number of piperidine rings is 1. The second-order valence-corrected chi connectivity index (χ2v) is 10.8. The molecule has 3 aromatic carbocycles. The van der Waals surface area contributed by atoms with Gasteiger partial charge in [0.05, 0.1) is 0 Å². The van der Waals surface area contributed by atoms with Gasteiger partial charge in [0.15, 0.2) is 0 Å². The lowest BCUT2D eigenvalue weighted by Gasteiger charge is -2.39. The van der Waals surface area contributed by atoms with Crippen LogP contribution in [-0.2, 0) is 9.59 Å². The van der Waals surface area contributed by atoms with Crippen LogP contribution in [-0.4, -0.2) is 41.5 Å². The predicted octanol–water partition coefficient (Wildman–Crippen LogP) is 6.94.